The molecule has 2 aromatic carbocycles. The second kappa shape index (κ2) is 9.94. The Balaban J connectivity index is 2.57. The predicted octanol–water partition coefficient (Wildman–Crippen LogP) is 6.16. The maximum atomic E-state index is 13.8. The molecule has 0 bridgehead atoms. The molecule has 0 aliphatic carbocycles. The maximum absolute atomic E-state index is 13.8. The lowest BCUT2D eigenvalue weighted by molar-refractivity contribution is -0.149. The van der Waals surface area contributed by atoms with Crippen LogP contribution in [0, 0.1) is 12.7 Å². The van der Waals surface area contributed by atoms with E-state index in [0.717, 1.165) is 5.56 Å². The molecule has 0 aliphatic heterocycles. The van der Waals surface area contributed by atoms with Gasteiger partial charge in [-0.25, -0.2) is 9.18 Å². The van der Waals surface area contributed by atoms with Gasteiger partial charge in [-0.05, 0) is 53.2 Å². The quantitative estimate of drug-likeness (QED) is 0.321. The maximum Gasteiger partial charge on any atom is 0.527 e. The van der Waals surface area contributed by atoms with Crippen molar-refractivity contribution in [2.24, 2.45) is 0 Å². The molecule has 1 heterocycles. The Kier molecular flexibility index (Phi) is 7.56. The summed E-state index contributed by atoms with van der Waals surface area (Å²) in [5, 5.41) is 19.8. The van der Waals surface area contributed by atoms with E-state index in [2.05, 4.69) is 0 Å². The number of nitrogens with zero attached hydrogens (tertiary/aromatic N) is 1. The smallest absolute Gasteiger partial charge is 0.477 e. The zero-order valence-corrected chi connectivity index (χ0v) is 21.3. The molecule has 8 heteroatoms. The SMILES string of the molecule is CCC(C(=O)O)([P+](=O)O)C(C)(O)c1c(C(C)C)nc(-c2ccccc2)c(C)c1-c1ccc(F)cc1. The van der Waals surface area contributed by atoms with Gasteiger partial charge in [-0.15, -0.1) is 0 Å². The van der Waals surface area contributed by atoms with E-state index in [-0.39, 0.29) is 17.9 Å². The summed E-state index contributed by atoms with van der Waals surface area (Å²) in [5.74, 6) is -2.31. The largest absolute Gasteiger partial charge is 0.527 e. The molecule has 3 unspecified atom stereocenters. The van der Waals surface area contributed by atoms with E-state index in [9.17, 15) is 28.9 Å². The zero-order chi connectivity index (χ0) is 26.1. The number of benzene rings is 2. The number of rotatable bonds is 8. The summed E-state index contributed by atoms with van der Waals surface area (Å²) >= 11 is 0. The number of halogens is 1. The predicted molar refractivity (Wildman–Crippen MR) is 134 cm³/mol. The molecule has 0 saturated heterocycles. The average Bonchev–Trinajstić information content (AvgIpc) is 2.80. The summed E-state index contributed by atoms with van der Waals surface area (Å²) < 4.78 is 26.4. The number of pyridine rings is 1. The molecule has 3 atom stereocenters. The fourth-order valence-corrected chi connectivity index (χ4v) is 5.69. The van der Waals surface area contributed by atoms with Gasteiger partial charge in [0.25, 0.3) is 0 Å². The molecule has 184 valence electrons. The number of carboxylic acids is 1. The van der Waals surface area contributed by atoms with E-state index in [1.807, 2.05) is 44.2 Å². The van der Waals surface area contributed by atoms with Crippen molar-refractivity contribution in [1.82, 2.24) is 4.98 Å². The van der Waals surface area contributed by atoms with Crippen LogP contribution in [0.2, 0.25) is 0 Å². The van der Waals surface area contributed by atoms with Crippen LogP contribution in [0.1, 0.15) is 56.9 Å². The van der Waals surface area contributed by atoms with Gasteiger partial charge in [0.15, 0.2) is 5.60 Å². The lowest BCUT2D eigenvalue weighted by atomic mass is 9.73. The highest BCUT2D eigenvalue weighted by Crippen LogP contribution is 2.55. The minimum atomic E-state index is -3.37. The van der Waals surface area contributed by atoms with Crippen molar-refractivity contribution >= 4 is 14.0 Å². The highest BCUT2D eigenvalue weighted by Gasteiger charge is 2.69. The van der Waals surface area contributed by atoms with Crippen LogP contribution in [0.25, 0.3) is 22.4 Å². The molecular weight excluding hydrogens is 468 g/mol. The van der Waals surface area contributed by atoms with Crippen LogP contribution in [0.3, 0.4) is 0 Å². The van der Waals surface area contributed by atoms with Gasteiger partial charge in [-0.1, -0.05) is 63.2 Å². The average molecular weight is 499 g/mol. The molecule has 6 nitrogen and oxygen atoms in total. The first-order valence-electron chi connectivity index (χ1n) is 11.4. The minimum absolute atomic E-state index is 0.151. The second-order valence-corrected chi connectivity index (χ2v) is 10.4. The van der Waals surface area contributed by atoms with Crippen LogP contribution in [-0.4, -0.2) is 31.2 Å². The van der Waals surface area contributed by atoms with Gasteiger partial charge in [0.1, 0.15) is 5.82 Å². The Bertz CT molecular complexity index is 1240. The van der Waals surface area contributed by atoms with Crippen LogP contribution in [0.4, 0.5) is 4.39 Å². The third kappa shape index (κ3) is 4.40. The van der Waals surface area contributed by atoms with Crippen LogP contribution in [-0.2, 0) is 15.0 Å². The summed E-state index contributed by atoms with van der Waals surface area (Å²) in [6, 6.07) is 15.1. The molecule has 0 aliphatic rings. The van der Waals surface area contributed by atoms with Crippen molar-refractivity contribution in [3.8, 4) is 22.4 Å². The van der Waals surface area contributed by atoms with Crippen LogP contribution in [0.5, 0.6) is 0 Å². The van der Waals surface area contributed by atoms with Gasteiger partial charge >= 0.3 is 19.2 Å². The van der Waals surface area contributed by atoms with Gasteiger partial charge < -0.3 is 10.2 Å². The van der Waals surface area contributed by atoms with E-state index in [4.69, 9.17) is 4.98 Å². The molecule has 0 spiro atoms. The first-order valence-corrected chi connectivity index (χ1v) is 12.6. The van der Waals surface area contributed by atoms with Crippen LogP contribution < -0.4 is 0 Å². The van der Waals surface area contributed by atoms with E-state index >= 15 is 0 Å². The van der Waals surface area contributed by atoms with Crippen molar-refractivity contribution < 1.29 is 28.9 Å². The third-order valence-corrected chi connectivity index (χ3v) is 8.28. The van der Waals surface area contributed by atoms with E-state index in [0.29, 0.717) is 28.1 Å². The first-order chi connectivity index (χ1) is 16.4. The van der Waals surface area contributed by atoms with Crippen molar-refractivity contribution in [2.45, 2.75) is 57.7 Å². The monoisotopic (exact) mass is 498 g/mol. The molecule has 3 aromatic rings. The number of carboxylic acid groups (broad SMARTS) is 1. The van der Waals surface area contributed by atoms with Gasteiger partial charge in [0.2, 0.25) is 0 Å². The number of carbonyl (C=O) groups is 1. The molecule has 1 aromatic heterocycles. The molecule has 35 heavy (non-hydrogen) atoms. The standard InChI is InChI=1S/C27H29FNO5P/c1-6-27(25(30)31,35(33)34)26(5,32)22-21(18-12-14-20(28)15-13-18)17(4)24(29-23(22)16(2)3)19-10-8-7-9-11-19/h7-16,32H,6H2,1-5H3,(H-,30,31,33,34)/p+1. The van der Waals surface area contributed by atoms with Crippen molar-refractivity contribution in [3.05, 3.63) is 77.2 Å². The van der Waals surface area contributed by atoms with Gasteiger partial charge in [0, 0.05) is 17.5 Å². The molecule has 0 radical (unpaired) electrons. The number of hydrogen-bond donors (Lipinski definition) is 3. The number of aliphatic carboxylic acids is 1. The summed E-state index contributed by atoms with van der Waals surface area (Å²) in [7, 11) is -3.37. The zero-order valence-electron chi connectivity index (χ0n) is 20.4. The molecule has 0 amide bonds. The highest BCUT2D eigenvalue weighted by molar-refractivity contribution is 7.41. The normalized spacial score (nSPS) is 15.4. The lowest BCUT2D eigenvalue weighted by Gasteiger charge is -2.36. The van der Waals surface area contributed by atoms with Crippen molar-refractivity contribution in [3.63, 3.8) is 0 Å². The van der Waals surface area contributed by atoms with Crippen molar-refractivity contribution in [2.75, 3.05) is 0 Å². The van der Waals surface area contributed by atoms with Crippen molar-refractivity contribution in [1.29, 1.82) is 0 Å². The third-order valence-electron chi connectivity index (χ3n) is 6.68. The topological polar surface area (TPSA) is 108 Å². The summed E-state index contributed by atoms with van der Waals surface area (Å²) in [6.45, 7) is 8.22. The molecule has 0 saturated carbocycles. The van der Waals surface area contributed by atoms with Gasteiger partial charge in [-0.2, -0.15) is 4.89 Å². The summed E-state index contributed by atoms with van der Waals surface area (Å²) in [5.41, 5.74) is 1.31. The Morgan fingerprint density at radius 3 is 2.11 bits per heavy atom. The molecule has 3 rings (SSSR count). The number of aliphatic hydroxyl groups is 1. The molecular formula is C27H30FNO5P+. The Morgan fingerprint density at radius 2 is 1.66 bits per heavy atom. The van der Waals surface area contributed by atoms with E-state index in [1.54, 1.807) is 19.1 Å². The fraction of sp³-hybridized carbons (Fsp3) is 0.333. The van der Waals surface area contributed by atoms with Crippen LogP contribution in [0.15, 0.2) is 54.6 Å². The van der Waals surface area contributed by atoms with E-state index in [1.165, 1.54) is 26.0 Å². The Labute approximate surface area is 205 Å². The summed E-state index contributed by atoms with van der Waals surface area (Å²) in [4.78, 5) is 27.6. The summed E-state index contributed by atoms with van der Waals surface area (Å²) in [6.07, 6.45) is -0.305. The number of hydrogen-bond acceptors (Lipinski definition) is 4. The van der Waals surface area contributed by atoms with E-state index < -0.39 is 30.6 Å². The first kappa shape index (κ1) is 26.6. The van der Waals surface area contributed by atoms with Gasteiger partial charge in [0.05, 0.1) is 11.4 Å². The number of aromatic nitrogens is 1. The highest BCUT2D eigenvalue weighted by atomic mass is 31.1. The Hall–Kier alpha value is -2.99. The van der Waals surface area contributed by atoms with Crippen LogP contribution >= 0.6 is 8.03 Å². The lowest BCUT2D eigenvalue weighted by Crippen LogP contribution is -2.53. The Morgan fingerprint density at radius 1 is 1.09 bits per heavy atom. The second-order valence-electron chi connectivity index (χ2n) is 9.11. The minimum Gasteiger partial charge on any atom is -0.477 e. The van der Waals surface area contributed by atoms with Gasteiger partial charge in [-0.3, -0.25) is 4.98 Å². The fourth-order valence-electron chi connectivity index (χ4n) is 4.77. The molecule has 0 fully saturated rings. The molecule has 3 N–H and O–H groups in total.